The van der Waals surface area contributed by atoms with Gasteiger partial charge in [0.2, 0.25) is 0 Å². The second kappa shape index (κ2) is 15.4. The summed E-state index contributed by atoms with van der Waals surface area (Å²) in [6.07, 6.45) is 15.5. The van der Waals surface area contributed by atoms with Crippen molar-refractivity contribution in [3.63, 3.8) is 0 Å². The van der Waals surface area contributed by atoms with Crippen molar-refractivity contribution in [3.05, 3.63) is 0 Å². The second-order valence-electron chi connectivity index (χ2n) is 5.44. The van der Waals surface area contributed by atoms with Crippen molar-refractivity contribution in [1.82, 2.24) is 0 Å². The molecule has 0 bridgehead atoms. The molecule has 0 aliphatic heterocycles. The average molecular weight is 274 g/mol. The van der Waals surface area contributed by atoms with Gasteiger partial charge in [0, 0.05) is 5.25 Å². The van der Waals surface area contributed by atoms with Crippen LogP contribution in [0.25, 0.3) is 0 Å². The predicted molar refractivity (Wildman–Crippen MR) is 87.4 cm³/mol. The Labute approximate surface area is 120 Å². The number of thioether (sulfide) groups is 1. The van der Waals surface area contributed by atoms with Crippen LogP contribution < -0.4 is 5.73 Å². The van der Waals surface area contributed by atoms with Crippen molar-refractivity contribution in [2.75, 3.05) is 12.3 Å². The smallest absolute Gasteiger partial charge is 0.00307 e. The molecule has 0 aliphatic rings. The van der Waals surface area contributed by atoms with Crippen molar-refractivity contribution >= 4 is 11.8 Å². The van der Waals surface area contributed by atoms with Gasteiger partial charge in [-0.25, -0.2) is 0 Å². The lowest BCUT2D eigenvalue weighted by molar-refractivity contribution is 0.563. The molecule has 1 nitrogen and oxygen atoms in total. The van der Waals surface area contributed by atoms with Crippen LogP contribution in [-0.2, 0) is 0 Å². The molecule has 0 heterocycles. The van der Waals surface area contributed by atoms with Crippen LogP contribution in [-0.4, -0.2) is 17.5 Å². The van der Waals surface area contributed by atoms with Crippen LogP contribution in [0, 0.1) is 0 Å². The highest BCUT2D eigenvalue weighted by Crippen LogP contribution is 2.16. The molecule has 1 atom stereocenters. The molecular weight excluding hydrogens is 238 g/mol. The first-order valence-electron chi connectivity index (χ1n) is 8.13. The Hall–Kier alpha value is 0.310. The van der Waals surface area contributed by atoms with Crippen LogP contribution in [0.2, 0.25) is 0 Å². The van der Waals surface area contributed by atoms with E-state index in [9.17, 15) is 0 Å². The minimum absolute atomic E-state index is 0.758. The third-order valence-electron chi connectivity index (χ3n) is 3.47. The molecule has 110 valence electrons. The first-order chi connectivity index (χ1) is 8.81. The van der Waals surface area contributed by atoms with Gasteiger partial charge in [0.25, 0.3) is 0 Å². The van der Waals surface area contributed by atoms with E-state index in [2.05, 4.69) is 25.6 Å². The quantitative estimate of drug-likeness (QED) is 0.430. The Morgan fingerprint density at radius 2 is 1.33 bits per heavy atom. The molecule has 0 amide bonds. The van der Waals surface area contributed by atoms with Crippen molar-refractivity contribution in [1.29, 1.82) is 0 Å². The van der Waals surface area contributed by atoms with Gasteiger partial charge in [-0.2, -0.15) is 11.8 Å². The van der Waals surface area contributed by atoms with E-state index in [1.54, 1.807) is 0 Å². The Kier molecular flexibility index (Phi) is 15.6. The maximum Gasteiger partial charge on any atom is 0.00307 e. The second-order valence-corrected chi connectivity index (χ2v) is 6.99. The lowest BCUT2D eigenvalue weighted by Crippen LogP contribution is -2.07. The third-order valence-corrected chi connectivity index (χ3v) is 4.80. The predicted octanol–water partition coefficient (Wildman–Crippen LogP) is 5.38. The molecule has 0 aromatic heterocycles. The Bertz CT molecular complexity index is 150. The van der Waals surface area contributed by atoms with Gasteiger partial charge < -0.3 is 5.73 Å². The zero-order chi connectivity index (χ0) is 13.5. The lowest BCUT2D eigenvalue weighted by atomic mass is 10.1. The number of hydrogen-bond acceptors (Lipinski definition) is 2. The van der Waals surface area contributed by atoms with Gasteiger partial charge in [-0.15, -0.1) is 0 Å². The summed E-state index contributed by atoms with van der Waals surface area (Å²) in [5.74, 6) is 1.33. The summed E-state index contributed by atoms with van der Waals surface area (Å²) in [6, 6.07) is 0. The van der Waals surface area contributed by atoms with Crippen LogP contribution in [0.15, 0.2) is 0 Å². The highest BCUT2D eigenvalue weighted by Gasteiger charge is 2.00. The Morgan fingerprint density at radius 3 is 1.83 bits per heavy atom. The molecule has 2 heteroatoms. The minimum Gasteiger partial charge on any atom is -0.330 e. The molecular formula is C16H35NS. The monoisotopic (exact) mass is 273 g/mol. The summed E-state index contributed by atoms with van der Waals surface area (Å²) in [6.45, 7) is 5.42. The van der Waals surface area contributed by atoms with Crippen molar-refractivity contribution < 1.29 is 0 Å². The van der Waals surface area contributed by atoms with Crippen LogP contribution in [0.4, 0.5) is 0 Å². The van der Waals surface area contributed by atoms with E-state index in [0.29, 0.717) is 0 Å². The molecule has 2 N–H and O–H groups in total. The largest absolute Gasteiger partial charge is 0.330 e. The normalized spacial score (nSPS) is 12.8. The van der Waals surface area contributed by atoms with Crippen LogP contribution in [0.3, 0.4) is 0 Å². The molecule has 0 aromatic carbocycles. The molecule has 0 spiro atoms. The first-order valence-corrected chi connectivity index (χ1v) is 9.17. The van der Waals surface area contributed by atoms with Gasteiger partial charge in [-0.3, -0.25) is 0 Å². The molecule has 0 aliphatic carbocycles. The van der Waals surface area contributed by atoms with Crippen LogP contribution in [0.1, 0.15) is 84.5 Å². The van der Waals surface area contributed by atoms with Gasteiger partial charge in [0.1, 0.15) is 0 Å². The average Bonchev–Trinajstić information content (AvgIpc) is 2.36. The van der Waals surface area contributed by atoms with E-state index in [1.807, 2.05) is 0 Å². The first kappa shape index (κ1) is 18.3. The Balaban J connectivity index is 2.98. The van der Waals surface area contributed by atoms with E-state index in [-0.39, 0.29) is 0 Å². The summed E-state index contributed by atoms with van der Waals surface area (Å²) >= 11 is 2.10. The fraction of sp³-hybridized carbons (Fsp3) is 1.00. The summed E-state index contributed by atoms with van der Waals surface area (Å²) < 4.78 is 0. The van der Waals surface area contributed by atoms with Gasteiger partial charge in [0.15, 0.2) is 0 Å². The van der Waals surface area contributed by atoms with Gasteiger partial charge in [-0.05, 0) is 25.1 Å². The van der Waals surface area contributed by atoms with Crippen molar-refractivity contribution in [3.8, 4) is 0 Å². The van der Waals surface area contributed by atoms with Crippen molar-refractivity contribution in [2.45, 2.75) is 89.7 Å². The standard InChI is InChI=1S/C16H35NS/c1-3-4-5-6-7-8-9-10-11-12-15-18-16(2)13-14-17/h16H,3-15,17H2,1-2H3. The zero-order valence-corrected chi connectivity index (χ0v) is 13.6. The van der Waals surface area contributed by atoms with Crippen LogP contribution in [0.5, 0.6) is 0 Å². The molecule has 0 saturated heterocycles. The maximum absolute atomic E-state index is 5.54. The highest BCUT2D eigenvalue weighted by molar-refractivity contribution is 7.99. The molecule has 18 heavy (non-hydrogen) atoms. The number of hydrogen-bond donors (Lipinski definition) is 1. The Morgan fingerprint density at radius 1 is 0.833 bits per heavy atom. The molecule has 0 radical (unpaired) electrons. The summed E-state index contributed by atoms with van der Waals surface area (Å²) in [5.41, 5.74) is 5.54. The fourth-order valence-electron chi connectivity index (χ4n) is 2.19. The van der Waals surface area contributed by atoms with E-state index < -0.39 is 0 Å². The molecule has 0 rings (SSSR count). The molecule has 1 unspecified atom stereocenters. The minimum atomic E-state index is 0.758. The van der Waals surface area contributed by atoms with Crippen LogP contribution >= 0.6 is 11.8 Å². The maximum atomic E-state index is 5.54. The number of unbranched alkanes of at least 4 members (excludes halogenated alkanes) is 9. The van der Waals surface area contributed by atoms with E-state index in [1.165, 1.54) is 76.4 Å². The van der Waals surface area contributed by atoms with Gasteiger partial charge in [0.05, 0.1) is 0 Å². The van der Waals surface area contributed by atoms with E-state index >= 15 is 0 Å². The van der Waals surface area contributed by atoms with Gasteiger partial charge in [-0.1, -0.05) is 71.6 Å². The zero-order valence-electron chi connectivity index (χ0n) is 12.8. The lowest BCUT2D eigenvalue weighted by Gasteiger charge is -2.09. The SMILES string of the molecule is CCCCCCCCCCCCSC(C)CCN. The van der Waals surface area contributed by atoms with E-state index in [0.717, 1.165) is 11.8 Å². The third kappa shape index (κ3) is 14.4. The number of rotatable bonds is 14. The fourth-order valence-corrected chi connectivity index (χ4v) is 3.27. The highest BCUT2D eigenvalue weighted by atomic mass is 32.2. The molecule has 0 fully saturated rings. The molecule has 0 saturated carbocycles. The van der Waals surface area contributed by atoms with Crippen molar-refractivity contribution in [2.24, 2.45) is 5.73 Å². The summed E-state index contributed by atoms with van der Waals surface area (Å²) in [7, 11) is 0. The number of nitrogens with two attached hydrogens (primary N) is 1. The van der Waals surface area contributed by atoms with E-state index in [4.69, 9.17) is 5.73 Å². The molecule has 0 aromatic rings. The van der Waals surface area contributed by atoms with Gasteiger partial charge >= 0.3 is 0 Å². The topological polar surface area (TPSA) is 26.0 Å². The summed E-state index contributed by atoms with van der Waals surface area (Å²) in [4.78, 5) is 0. The summed E-state index contributed by atoms with van der Waals surface area (Å²) in [5, 5.41) is 0.758.